The number of carbonyl (C=O) groups excluding carboxylic acids is 2. The summed E-state index contributed by atoms with van der Waals surface area (Å²) < 4.78 is 17.2. The highest BCUT2D eigenvalue weighted by Gasteiger charge is 2.39. The van der Waals surface area contributed by atoms with Crippen molar-refractivity contribution in [3.8, 4) is 0 Å². The van der Waals surface area contributed by atoms with Crippen molar-refractivity contribution < 1.29 is 23.5 Å². The lowest BCUT2D eigenvalue weighted by Gasteiger charge is -2.39. The largest absolute Gasteiger partial charge is 0.466 e. The number of carbonyl (C=O) groups is 2. The van der Waals surface area contributed by atoms with Crippen molar-refractivity contribution in [1.82, 2.24) is 4.90 Å². The van der Waals surface area contributed by atoms with Crippen LogP contribution < -0.4 is 0 Å². The van der Waals surface area contributed by atoms with Crippen LogP contribution in [0.1, 0.15) is 59.4 Å². The highest BCUT2D eigenvalue weighted by molar-refractivity contribution is 6.74. The molecule has 1 rings (SSSR count). The molecule has 0 aliphatic rings. The topological polar surface area (TPSA) is 65.1 Å². The molecule has 0 aliphatic carbocycles. The lowest BCUT2D eigenvalue weighted by molar-refractivity contribution is -0.144. The maximum atomic E-state index is 13.0. The predicted octanol–water partition coefficient (Wildman–Crippen LogP) is 5.77. The molecule has 0 fully saturated rings. The summed E-state index contributed by atoms with van der Waals surface area (Å²) in [6.45, 7) is 16.0. The molecule has 1 aromatic carbocycles. The first-order chi connectivity index (χ1) is 14.5. The van der Waals surface area contributed by atoms with E-state index in [9.17, 15) is 9.59 Å². The first-order valence-corrected chi connectivity index (χ1v) is 14.2. The van der Waals surface area contributed by atoms with E-state index in [1.807, 2.05) is 30.3 Å². The molecule has 0 bridgehead atoms. The molecule has 0 saturated carbocycles. The van der Waals surface area contributed by atoms with E-state index in [2.05, 4.69) is 40.8 Å². The fourth-order valence-corrected chi connectivity index (χ4v) is 3.79. The third-order valence-electron chi connectivity index (χ3n) is 5.78. The number of amides is 1. The third-order valence-corrected chi connectivity index (χ3v) is 10.3. The Hall–Kier alpha value is -1.86. The fourth-order valence-electron chi connectivity index (χ4n) is 2.75. The second-order valence-corrected chi connectivity index (χ2v) is 14.1. The van der Waals surface area contributed by atoms with Gasteiger partial charge in [0.2, 0.25) is 0 Å². The van der Waals surface area contributed by atoms with Crippen LogP contribution >= 0.6 is 0 Å². The Balaban J connectivity index is 3.00. The lowest BCUT2D eigenvalue weighted by atomic mass is 10.1. The summed E-state index contributed by atoms with van der Waals surface area (Å²) in [6.07, 6.45) is 1.41. The van der Waals surface area contributed by atoms with Crippen molar-refractivity contribution in [3.05, 3.63) is 35.9 Å². The minimum Gasteiger partial charge on any atom is -0.466 e. The zero-order valence-corrected chi connectivity index (χ0v) is 21.4. The van der Waals surface area contributed by atoms with Crippen molar-refractivity contribution in [2.75, 3.05) is 19.8 Å². The SMILES string of the molecule is CCCCN(C(=O)OCc1ccccc1)C(CO[Si](C)(C)C(C)(C)C)CC(=O)OCC. The Kier molecular flexibility index (Phi) is 11.3. The molecule has 1 unspecified atom stereocenters. The lowest BCUT2D eigenvalue weighted by Crippen LogP contribution is -2.49. The monoisotopic (exact) mass is 451 g/mol. The normalized spacial score (nSPS) is 12.9. The van der Waals surface area contributed by atoms with E-state index in [0.717, 1.165) is 18.4 Å². The molecule has 0 aromatic heterocycles. The summed E-state index contributed by atoms with van der Waals surface area (Å²) in [6, 6.07) is 9.15. The number of unbranched alkanes of at least 4 members (excludes halogenated alkanes) is 1. The fraction of sp³-hybridized carbons (Fsp3) is 0.667. The summed E-state index contributed by atoms with van der Waals surface area (Å²) in [5.74, 6) is -0.330. The van der Waals surface area contributed by atoms with Gasteiger partial charge in [-0.3, -0.25) is 4.79 Å². The minimum atomic E-state index is -2.05. The van der Waals surface area contributed by atoms with E-state index in [-0.39, 0.29) is 24.0 Å². The Morgan fingerprint density at radius 1 is 1.06 bits per heavy atom. The molecule has 176 valence electrons. The van der Waals surface area contributed by atoms with E-state index >= 15 is 0 Å². The van der Waals surface area contributed by atoms with E-state index in [4.69, 9.17) is 13.9 Å². The molecule has 1 amide bonds. The highest BCUT2D eigenvalue weighted by Crippen LogP contribution is 2.36. The van der Waals surface area contributed by atoms with Crippen molar-refractivity contribution in [3.63, 3.8) is 0 Å². The molecule has 0 radical (unpaired) electrons. The summed E-state index contributed by atoms with van der Waals surface area (Å²) in [5.41, 5.74) is 0.922. The molecule has 0 spiro atoms. The molecule has 0 aliphatic heterocycles. The molecular weight excluding hydrogens is 410 g/mol. The van der Waals surface area contributed by atoms with E-state index in [1.54, 1.807) is 11.8 Å². The number of esters is 1. The van der Waals surface area contributed by atoms with Crippen molar-refractivity contribution >= 4 is 20.4 Å². The number of hydrogen-bond acceptors (Lipinski definition) is 5. The van der Waals surface area contributed by atoms with Crippen LogP contribution in [0.25, 0.3) is 0 Å². The number of hydrogen-bond donors (Lipinski definition) is 0. The van der Waals surface area contributed by atoms with Crippen LogP contribution in [0, 0.1) is 0 Å². The van der Waals surface area contributed by atoms with Gasteiger partial charge in [-0.1, -0.05) is 64.4 Å². The zero-order valence-electron chi connectivity index (χ0n) is 20.4. The zero-order chi connectivity index (χ0) is 23.5. The van der Waals surface area contributed by atoms with Gasteiger partial charge >= 0.3 is 12.1 Å². The number of nitrogens with zero attached hydrogens (tertiary/aromatic N) is 1. The van der Waals surface area contributed by atoms with Gasteiger partial charge in [-0.2, -0.15) is 0 Å². The molecule has 0 N–H and O–H groups in total. The molecule has 1 aromatic rings. The van der Waals surface area contributed by atoms with Gasteiger partial charge in [0.1, 0.15) is 6.61 Å². The minimum absolute atomic E-state index is 0.0313. The van der Waals surface area contributed by atoms with Gasteiger partial charge in [0.25, 0.3) is 0 Å². The van der Waals surface area contributed by atoms with Gasteiger partial charge in [-0.15, -0.1) is 0 Å². The standard InChI is InChI=1S/C24H41NO5Si/c1-8-10-16-25(23(27)29-18-20-14-12-11-13-15-20)21(17-22(26)28-9-2)19-30-31(6,7)24(3,4)5/h11-15,21H,8-10,16-19H2,1-7H3. The van der Waals surface area contributed by atoms with Gasteiger partial charge in [-0.25, -0.2) is 4.79 Å². The van der Waals surface area contributed by atoms with E-state index in [1.165, 1.54) is 0 Å². The van der Waals surface area contributed by atoms with E-state index < -0.39 is 20.5 Å². The Labute approximate surface area is 189 Å². The summed E-state index contributed by atoms with van der Waals surface area (Å²) in [4.78, 5) is 27.0. The van der Waals surface area contributed by atoms with Gasteiger partial charge in [0, 0.05) is 6.54 Å². The van der Waals surface area contributed by atoms with Crippen LogP contribution in [0.3, 0.4) is 0 Å². The van der Waals surface area contributed by atoms with Crippen LogP contribution in [0.2, 0.25) is 18.1 Å². The number of rotatable bonds is 12. The Bertz CT molecular complexity index is 672. The molecule has 1 atom stereocenters. The second-order valence-electron chi connectivity index (χ2n) is 9.32. The Morgan fingerprint density at radius 2 is 1.71 bits per heavy atom. The van der Waals surface area contributed by atoms with Crippen LogP contribution in [-0.2, 0) is 25.3 Å². The van der Waals surface area contributed by atoms with E-state index in [0.29, 0.717) is 19.8 Å². The quantitative estimate of drug-likeness (QED) is 0.298. The average Bonchev–Trinajstić information content (AvgIpc) is 2.70. The molecule has 0 heterocycles. The van der Waals surface area contributed by atoms with Crippen LogP contribution in [-0.4, -0.2) is 51.1 Å². The Morgan fingerprint density at radius 3 is 2.26 bits per heavy atom. The van der Waals surface area contributed by atoms with Crippen LogP contribution in [0.5, 0.6) is 0 Å². The molecular formula is C24H41NO5Si. The summed E-state index contributed by atoms with van der Waals surface area (Å²) in [7, 11) is -2.05. The maximum Gasteiger partial charge on any atom is 0.410 e. The summed E-state index contributed by atoms with van der Waals surface area (Å²) in [5, 5.41) is 0.0313. The van der Waals surface area contributed by atoms with Crippen molar-refractivity contribution in [2.45, 2.75) is 84.7 Å². The number of ether oxygens (including phenoxy) is 2. The third kappa shape index (κ3) is 9.43. The second kappa shape index (κ2) is 12.9. The average molecular weight is 452 g/mol. The number of benzene rings is 1. The van der Waals surface area contributed by atoms with Gasteiger partial charge in [0.05, 0.1) is 25.7 Å². The molecule has 6 nitrogen and oxygen atoms in total. The van der Waals surface area contributed by atoms with Crippen molar-refractivity contribution in [1.29, 1.82) is 0 Å². The molecule has 31 heavy (non-hydrogen) atoms. The van der Waals surface area contributed by atoms with Gasteiger partial charge in [0.15, 0.2) is 8.32 Å². The van der Waals surface area contributed by atoms with Crippen LogP contribution in [0.4, 0.5) is 4.79 Å². The highest BCUT2D eigenvalue weighted by atomic mass is 28.4. The predicted molar refractivity (Wildman–Crippen MR) is 126 cm³/mol. The summed E-state index contributed by atoms with van der Waals surface area (Å²) >= 11 is 0. The smallest absolute Gasteiger partial charge is 0.410 e. The molecule has 7 heteroatoms. The van der Waals surface area contributed by atoms with Crippen molar-refractivity contribution in [2.24, 2.45) is 0 Å². The first kappa shape index (κ1) is 27.2. The first-order valence-electron chi connectivity index (χ1n) is 11.3. The van der Waals surface area contributed by atoms with Crippen LogP contribution in [0.15, 0.2) is 30.3 Å². The maximum absolute atomic E-state index is 13.0. The van der Waals surface area contributed by atoms with Gasteiger partial charge in [-0.05, 0) is 37.0 Å². The van der Waals surface area contributed by atoms with Gasteiger partial charge < -0.3 is 18.8 Å². The molecule has 0 saturated heterocycles.